The average Bonchev–Trinajstić information content (AvgIpc) is 3.59. The molecule has 0 spiro atoms. The number of nitrogens with zero attached hydrogens (tertiary/aromatic N) is 1. The Hall–Kier alpha value is -7.42. The number of aromatic nitrogens is 1. The van der Waals surface area contributed by atoms with Crippen LogP contribution in [0.3, 0.4) is 0 Å². The summed E-state index contributed by atoms with van der Waals surface area (Å²) in [4.78, 5) is 0. The molecule has 2 nitrogen and oxygen atoms in total. The van der Waals surface area contributed by atoms with Crippen LogP contribution < -0.4 is 5.32 Å². The summed E-state index contributed by atoms with van der Waals surface area (Å²) in [6, 6.07) is 60.6. The molecule has 1 aromatic heterocycles. The lowest BCUT2D eigenvalue weighted by molar-refractivity contribution is 1.11. The molecule has 0 amide bonds. The van der Waals surface area contributed by atoms with Gasteiger partial charge in [0, 0.05) is 28.0 Å². The van der Waals surface area contributed by atoms with Gasteiger partial charge in [0.15, 0.2) is 0 Å². The summed E-state index contributed by atoms with van der Waals surface area (Å²) >= 11 is 0. The smallest absolute Gasteiger partial charge is 0.0541 e. The van der Waals surface area contributed by atoms with E-state index in [2.05, 4.69) is 212 Å². The number of allylic oxidation sites excluding steroid dienone is 5. The van der Waals surface area contributed by atoms with E-state index in [4.69, 9.17) is 0 Å². The first kappa shape index (κ1) is 36.6. The Bertz CT molecular complexity index is 2760. The highest BCUT2D eigenvalue weighted by molar-refractivity contribution is 5.98. The Kier molecular flexibility index (Phi) is 10.6. The number of hydrogen-bond donors (Lipinski definition) is 1. The predicted octanol–water partition coefficient (Wildman–Crippen LogP) is 15.5. The van der Waals surface area contributed by atoms with Crippen molar-refractivity contribution >= 4 is 40.0 Å². The third kappa shape index (κ3) is 7.62. The standard InChI is InChI=1S/C55H44N2/c1-5-13-39(7-3)41-19-21-43(22-20-41)44-29-34-51(35-30-44)57-54(8-4)52(14-6-2)53-38-48(31-36-55(53)57)46-27-32-49(33-28-46)56-50-18-12-17-47(37-50)45-25-23-42(24-26-45)40-15-10-9-11-16-40/h5-38,56H,1,3-4H2,2H3/b14-6-,39-13+. The van der Waals surface area contributed by atoms with E-state index in [9.17, 15) is 0 Å². The molecule has 2 heteroatoms. The van der Waals surface area contributed by atoms with Crippen LogP contribution in [0.2, 0.25) is 0 Å². The SMILES string of the molecule is C=C/C=C(\C=C)c1ccc(-c2ccc(-n3c(C=C)c(/C=C\C)c4cc(-c5ccc(Nc6cccc(-c7ccc(-c8ccccc8)cc7)c6)cc5)ccc43)cc2)cc1. The van der Waals surface area contributed by atoms with Crippen molar-refractivity contribution in [1.29, 1.82) is 0 Å². The normalized spacial score (nSPS) is 11.5. The zero-order valence-corrected chi connectivity index (χ0v) is 32.2. The van der Waals surface area contributed by atoms with Crippen molar-refractivity contribution in [1.82, 2.24) is 4.57 Å². The minimum Gasteiger partial charge on any atom is -0.356 e. The van der Waals surface area contributed by atoms with Crippen molar-refractivity contribution in [2.45, 2.75) is 6.92 Å². The van der Waals surface area contributed by atoms with E-state index in [-0.39, 0.29) is 0 Å². The van der Waals surface area contributed by atoms with Crippen molar-refractivity contribution in [2.24, 2.45) is 0 Å². The molecule has 0 aliphatic rings. The molecule has 8 rings (SSSR count). The molecule has 0 saturated carbocycles. The lowest BCUT2D eigenvalue weighted by Crippen LogP contribution is -1.97. The first-order valence-corrected chi connectivity index (χ1v) is 19.3. The monoisotopic (exact) mass is 732 g/mol. The minimum absolute atomic E-state index is 1.04. The van der Waals surface area contributed by atoms with Crippen LogP contribution in [0, 0.1) is 0 Å². The van der Waals surface area contributed by atoms with Gasteiger partial charge in [-0.3, -0.25) is 0 Å². The summed E-state index contributed by atoms with van der Waals surface area (Å²) in [6.45, 7) is 14.1. The maximum absolute atomic E-state index is 4.25. The van der Waals surface area contributed by atoms with E-state index >= 15 is 0 Å². The van der Waals surface area contributed by atoms with Gasteiger partial charge >= 0.3 is 0 Å². The molecule has 0 aliphatic heterocycles. The first-order valence-electron chi connectivity index (χ1n) is 19.3. The van der Waals surface area contributed by atoms with E-state index in [1.54, 1.807) is 6.08 Å². The fraction of sp³-hybridized carbons (Fsp3) is 0.0182. The average molecular weight is 733 g/mol. The largest absolute Gasteiger partial charge is 0.356 e. The molecule has 0 aliphatic carbocycles. The number of nitrogens with one attached hydrogen (secondary N) is 1. The third-order valence-electron chi connectivity index (χ3n) is 10.5. The molecule has 0 saturated heterocycles. The van der Waals surface area contributed by atoms with Crippen molar-refractivity contribution in [3.8, 4) is 50.2 Å². The van der Waals surface area contributed by atoms with E-state index in [1.807, 2.05) is 24.3 Å². The van der Waals surface area contributed by atoms with Gasteiger partial charge in [0.25, 0.3) is 0 Å². The fourth-order valence-electron chi connectivity index (χ4n) is 7.58. The van der Waals surface area contributed by atoms with Crippen LogP contribution in [0.15, 0.2) is 214 Å². The molecule has 1 heterocycles. The van der Waals surface area contributed by atoms with Crippen molar-refractivity contribution in [2.75, 3.05) is 5.32 Å². The molecule has 7 aromatic carbocycles. The van der Waals surface area contributed by atoms with E-state index in [1.165, 1.54) is 27.6 Å². The Balaban J connectivity index is 1.03. The second kappa shape index (κ2) is 16.5. The predicted molar refractivity (Wildman–Crippen MR) is 248 cm³/mol. The lowest BCUT2D eigenvalue weighted by Gasteiger charge is -2.12. The van der Waals surface area contributed by atoms with Crippen molar-refractivity contribution in [3.63, 3.8) is 0 Å². The van der Waals surface area contributed by atoms with Gasteiger partial charge in [0.2, 0.25) is 0 Å². The molecule has 0 atom stereocenters. The maximum Gasteiger partial charge on any atom is 0.0541 e. The highest BCUT2D eigenvalue weighted by Crippen LogP contribution is 2.36. The van der Waals surface area contributed by atoms with Gasteiger partial charge in [0.1, 0.15) is 0 Å². The number of anilines is 2. The Morgan fingerprint density at radius 3 is 1.68 bits per heavy atom. The first-order chi connectivity index (χ1) is 28.1. The zero-order chi connectivity index (χ0) is 39.1. The highest BCUT2D eigenvalue weighted by Gasteiger charge is 2.16. The van der Waals surface area contributed by atoms with Crippen molar-refractivity contribution in [3.05, 3.63) is 231 Å². The summed E-state index contributed by atoms with van der Waals surface area (Å²) in [5.41, 5.74) is 18.1. The quantitative estimate of drug-likeness (QED) is 0.124. The van der Waals surface area contributed by atoms with Gasteiger partial charge in [-0.2, -0.15) is 0 Å². The van der Waals surface area contributed by atoms with Gasteiger partial charge in [0.05, 0.1) is 11.2 Å². The number of benzene rings is 7. The number of hydrogen-bond acceptors (Lipinski definition) is 1. The van der Waals surface area contributed by atoms with Gasteiger partial charge in [-0.25, -0.2) is 0 Å². The van der Waals surface area contributed by atoms with Crippen LogP contribution in [-0.2, 0) is 0 Å². The maximum atomic E-state index is 4.25. The molecule has 57 heavy (non-hydrogen) atoms. The van der Waals surface area contributed by atoms with Crippen LogP contribution in [0.25, 0.3) is 78.8 Å². The van der Waals surface area contributed by atoms with Crippen LogP contribution >= 0.6 is 0 Å². The second-order valence-corrected chi connectivity index (χ2v) is 14.0. The van der Waals surface area contributed by atoms with Crippen LogP contribution in [0.4, 0.5) is 11.4 Å². The molecule has 1 N–H and O–H groups in total. The highest BCUT2D eigenvalue weighted by atomic mass is 15.0. The molecule has 274 valence electrons. The number of rotatable bonds is 12. The fourth-order valence-corrected chi connectivity index (χ4v) is 7.58. The van der Waals surface area contributed by atoms with Gasteiger partial charge in [-0.15, -0.1) is 0 Å². The molecule has 8 aromatic rings. The van der Waals surface area contributed by atoms with Gasteiger partial charge in [-0.05, 0) is 117 Å². The summed E-state index contributed by atoms with van der Waals surface area (Å²) in [5, 5.41) is 4.80. The van der Waals surface area contributed by atoms with Gasteiger partial charge in [-0.1, -0.05) is 171 Å². The lowest BCUT2D eigenvalue weighted by atomic mass is 10.00. The summed E-state index contributed by atoms with van der Waals surface area (Å²) in [5.74, 6) is 0. The summed E-state index contributed by atoms with van der Waals surface area (Å²) in [7, 11) is 0. The Morgan fingerprint density at radius 1 is 0.526 bits per heavy atom. The molecular formula is C55H44N2. The molecule has 0 radical (unpaired) electrons. The minimum atomic E-state index is 1.04. The summed E-state index contributed by atoms with van der Waals surface area (Å²) in [6.07, 6.45) is 11.9. The Labute approximate surface area is 336 Å². The molecule has 0 unspecified atom stereocenters. The summed E-state index contributed by atoms with van der Waals surface area (Å²) < 4.78 is 2.31. The van der Waals surface area contributed by atoms with E-state index < -0.39 is 0 Å². The Morgan fingerprint density at radius 2 is 1.07 bits per heavy atom. The third-order valence-corrected chi connectivity index (χ3v) is 10.5. The van der Waals surface area contributed by atoms with Crippen LogP contribution in [-0.4, -0.2) is 4.57 Å². The molecule has 0 fully saturated rings. The molecular weight excluding hydrogens is 689 g/mol. The number of fused-ring (bicyclic) bond motifs is 1. The van der Waals surface area contributed by atoms with Crippen molar-refractivity contribution < 1.29 is 0 Å². The molecule has 0 bridgehead atoms. The zero-order valence-electron chi connectivity index (χ0n) is 32.2. The van der Waals surface area contributed by atoms with E-state index in [0.717, 1.165) is 67.2 Å². The van der Waals surface area contributed by atoms with Gasteiger partial charge < -0.3 is 9.88 Å². The van der Waals surface area contributed by atoms with Crippen LogP contribution in [0.1, 0.15) is 23.7 Å². The van der Waals surface area contributed by atoms with Crippen LogP contribution in [0.5, 0.6) is 0 Å². The second-order valence-electron chi connectivity index (χ2n) is 14.0. The topological polar surface area (TPSA) is 17.0 Å². The van der Waals surface area contributed by atoms with E-state index in [0.29, 0.717) is 0 Å².